The maximum absolute atomic E-state index is 12.4. The maximum atomic E-state index is 12.4. The molecule has 0 spiro atoms. The highest BCUT2D eigenvalue weighted by Crippen LogP contribution is 2.43. The molecule has 0 aromatic heterocycles. The molecule has 5 rings (SSSR count). The number of primary amides is 1. The number of nitrogens with one attached hydrogen (secondary N) is 2. The van der Waals surface area contributed by atoms with Gasteiger partial charge in [-0.1, -0.05) is 30.3 Å². The van der Waals surface area contributed by atoms with E-state index in [2.05, 4.69) is 44.7 Å². The molecule has 134 valence electrons. The summed E-state index contributed by atoms with van der Waals surface area (Å²) in [6.07, 6.45) is 0. The molecule has 4 N–H and O–H groups in total. The van der Waals surface area contributed by atoms with Gasteiger partial charge in [-0.05, 0) is 5.56 Å². The molecule has 1 aromatic carbocycles. The third-order valence-corrected chi connectivity index (χ3v) is 5.88. The lowest BCUT2D eigenvalue weighted by Gasteiger charge is -2.55. The van der Waals surface area contributed by atoms with Crippen LogP contribution in [0.15, 0.2) is 30.3 Å². The number of nitrogens with zero attached hydrogens (tertiary/aromatic N) is 2. The Balaban J connectivity index is 1.64. The molecule has 3 amide bonds. The third kappa shape index (κ3) is 2.98. The highest BCUT2D eigenvalue weighted by molar-refractivity contribution is 5.83. The van der Waals surface area contributed by atoms with Gasteiger partial charge in [0.05, 0.1) is 6.54 Å². The molecule has 4 heterocycles. The van der Waals surface area contributed by atoms with Crippen LogP contribution in [-0.4, -0.2) is 73.6 Å². The Morgan fingerprint density at radius 3 is 2.36 bits per heavy atom. The second-order valence-electron chi connectivity index (χ2n) is 7.52. The number of piperidine rings is 2. The van der Waals surface area contributed by atoms with Gasteiger partial charge >= 0.3 is 6.03 Å². The zero-order chi connectivity index (χ0) is 17.4. The highest BCUT2D eigenvalue weighted by atomic mass is 16.2. The van der Waals surface area contributed by atoms with Crippen LogP contribution in [0.2, 0.25) is 0 Å². The predicted molar refractivity (Wildman–Crippen MR) is 94.0 cm³/mol. The van der Waals surface area contributed by atoms with Crippen molar-refractivity contribution >= 4 is 11.9 Å². The van der Waals surface area contributed by atoms with E-state index < -0.39 is 6.03 Å². The van der Waals surface area contributed by atoms with Gasteiger partial charge in [0, 0.05) is 56.6 Å². The molecule has 4 aliphatic heterocycles. The molecule has 7 heteroatoms. The van der Waals surface area contributed by atoms with Gasteiger partial charge in [-0.25, -0.2) is 4.79 Å². The molecule has 0 saturated carbocycles. The van der Waals surface area contributed by atoms with E-state index >= 15 is 0 Å². The van der Waals surface area contributed by atoms with E-state index in [0.29, 0.717) is 5.92 Å². The lowest BCUT2D eigenvalue weighted by molar-refractivity contribution is -0.123. The quantitative estimate of drug-likeness (QED) is 0.677. The Kier molecular flexibility index (Phi) is 4.13. The van der Waals surface area contributed by atoms with E-state index in [1.54, 1.807) is 0 Å². The Morgan fingerprint density at radius 1 is 1.12 bits per heavy atom. The molecule has 25 heavy (non-hydrogen) atoms. The first-order valence-electron chi connectivity index (χ1n) is 8.90. The Bertz CT molecular complexity index is 649. The van der Waals surface area contributed by atoms with Crippen LogP contribution in [0.5, 0.6) is 0 Å². The molecule has 1 aromatic rings. The topological polar surface area (TPSA) is 90.7 Å². The minimum Gasteiger partial charge on any atom is -0.352 e. The first-order chi connectivity index (χ1) is 12.1. The summed E-state index contributed by atoms with van der Waals surface area (Å²) in [5.41, 5.74) is 6.26. The Labute approximate surface area is 147 Å². The van der Waals surface area contributed by atoms with Crippen molar-refractivity contribution < 1.29 is 9.59 Å². The Morgan fingerprint density at radius 2 is 1.76 bits per heavy atom. The fourth-order valence-corrected chi connectivity index (χ4v) is 4.96. The fraction of sp³-hybridized carbons (Fsp3) is 0.556. The van der Waals surface area contributed by atoms with E-state index in [4.69, 9.17) is 5.73 Å². The van der Waals surface area contributed by atoms with Crippen LogP contribution in [0.1, 0.15) is 5.56 Å². The first kappa shape index (κ1) is 16.4. The van der Waals surface area contributed by atoms with Gasteiger partial charge in [-0.2, -0.15) is 0 Å². The summed E-state index contributed by atoms with van der Waals surface area (Å²) in [6.45, 7) is 6.05. The second kappa shape index (κ2) is 6.31. The van der Waals surface area contributed by atoms with Crippen molar-refractivity contribution in [3.8, 4) is 0 Å². The standard InChI is InChI=1S/C18H25N5O2/c19-17(25)20-8-15(24)21-16-13-9-22-6-7-23(10-13)12-18(16,11-22)14-4-2-1-3-5-14/h1-5,13,16H,6-12H2,(H,21,24)(H3,19,20,25). The summed E-state index contributed by atoms with van der Waals surface area (Å²) in [4.78, 5) is 28.4. The zero-order valence-electron chi connectivity index (χ0n) is 14.3. The molecule has 4 fully saturated rings. The van der Waals surface area contributed by atoms with Crippen LogP contribution in [-0.2, 0) is 10.2 Å². The summed E-state index contributed by atoms with van der Waals surface area (Å²) in [5.74, 6) is 0.220. The lowest BCUT2D eigenvalue weighted by atomic mass is 9.64. The van der Waals surface area contributed by atoms with Crippen molar-refractivity contribution in [1.82, 2.24) is 20.4 Å². The van der Waals surface area contributed by atoms with Crippen LogP contribution < -0.4 is 16.4 Å². The van der Waals surface area contributed by atoms with Gasteiger partial charge in [0.2, 0.25) is 5.91 Å². The molecular weight excluding hydrogens is 318 g/mol. The van der Waals surface area contributed by atoms with Crippen molar-refractivity contribution in [3.63, 3.8) is 0 Å². The number of hydrogen-bond acceptors (Lipinski definition) is 4. The van der Waals surface area contributed by atoms with Crippen molar-refractivity contribution in [2.75, 3.05) is 45.8 Å². The number of urea groups is 1. The maximum Gasteiger partial charge on any atom is 0.312 e. The van der Waals surface area contributed by atoms with Crippen LogP contribution in [0, 0.1) is 5.92 Å². The average Bonchev–Trinajstić information content (AvgIpc) is 2.85. The van der Waals surface area contributed by atoms with Gasteiger partial charge in [0.25, 0.3) is 0 Å². The SMILES string of the molecule is NC(=O)NCC(=O)NC1C2CN3CCN(C2)CC1(c1ccccc1)C3. The minimum atomic E-state index is -0.674. The summed E-state index contributed by atoms with van der Waals surface area (Å²) in [6, 6.07) is 9.93. The molecule has 4 bridgehead atoms. The summed E-state index contributed by atoms with van der Waals surface area (Å²) >= 11 is 0. The van der Waals surface area contributed by atoms with Crippen LogP contribution in [0.3, 0.4) is 0 Å². The molecule has 7 nitrogen and oxygen atoms in total. The molecule has 4 saturated heterocycles. The zero-order valence-corrected chi connectivity index (χ0v) is 14.3. The molecular formula is C18H25N5O2. The number of carbonyl (C=O) groups is 2. The van der Waals surface area contributed by atoms with Crippen LogP contribution in [0.25, 0.3) is 0 Å². The number of amides is 3. The first-order valence-corrected chi connectivity index (χ1v) is 8.90. The summed E-state index contributed by atoms with van der Waals surface area (Å²) < 4.78 is 0. The van der Waals surface area contributed by atoms with E-state index in [0.717, 1.165) is 39.3 Å². The molecule has 0 aliphatic carbocycles. The average molecular weight is 343 g/mol. The van der Waals surface area contributed by atoms with E-state index in [-0.39, 0.29) is 23.9 Å². The van der Waals surface area contributed by atoms with Crippen molar-refractivity contribution in [1.29, 1.82) is 0 Å². The number of carbonyl (C=O) groups excluding carboxylic acids is 2. The number of hydrogen-bond donors (Lipinski definition) is 3. The fourth-order valence-electron chi connectivity index (χ4n) is 4.96. The highest BCUT2D eigenvalue weighted by Gasteiger charge is 2.55. The predicted octanol–water partition coefficient (Wildman–Crippen LogP) is -0.661. The largest absolute Gasteiger partial charge is 0.352 e. The van der Waals surface area contributed by atoms with E-state index in [9.17, 15) is 9.59 Å². The van der Waals surface area contributed by atoms with Gasteiger partial charge in [0.15, 0.2) is 0 Å². The second-order valence-corrected chi connectivity index (χ2v) is 7.52. The number of benzene rings is 1. The van der Waals surface area contributed by atoms with Gasteiger partial charge in [-0.15, -0.1) is 0 Å². The van der Waals surface area contributed by atoms with Crippen molar-refractivity contribution in [2.24, 2.45) is 11.7 Å². The normalized spacial score (nSPS) is 35.8. The number of nitrogens with two attached hydrogens (primary N) is 1. The van der Waals surface area contributed by atoms with E-state index in [1.807, 2.05) is 6.07 Å². The van der Waals surface area contributed by atoms with Gasteiger partial charge in [0.1, 0.15) is 0 Å². The number of rotatable bonds is 4. The summed E-state index contributed by atoms with van der Waals surface area (Å²) in [5, 5.41) is 5.61. The molecule has 3 unspecified atom stereocenters. The molecule has 3 atom stereocenters. The van der Waals surface area contributed by atoms with E-state index in [1.165, 1.54) is 5.56 Å². The van der Waals surface area contributed by atoms with Crippen molar-refractivity contribution in [3.05, 3.63) is 35.9 Å². The minimum absolute atomic E-state index is 0.0719. The monoisotopic (exact) mass is 343 g/mol. The number of fused-ring (bicyclic) bond motifs is 1. The Hall–Kier alpha value is -2.12. The van der Waals surface area contributed by atoms with Crippen LogP contribution >= 0.6 is 0 Å². The lowest BCUT2D eigenvalue weighted by Crippen LogP contribution is -2.71. The molecule has 4 aliphatic rings. The van der Waals surface area contributed by atoms with Gasteiger partial charge < -0.3 is 26.2 Å². The summed E-state index contributed by atoms with van der Waals surface area (Å²) in [7, 11) is 0. The van der Waals surface area contributed by atoms with Crippen molar-refractivity contribution in [2.45, 2.75) is 11.5 Å². The van der Waals surface area contributed by atoms with Gasteiger partial charge in [-0.3, -0.25) is 4.79 Å². The smallest absolute Gasteiger partial charge is 0.312 e. The molecule has 0 radical (unpaired) electrons. The third-order valence-electron chi connectivity index (χ3n) is 5.88. The van der Waals surface area contributed by atoms with Crippen LogP contribution in [0.4, 0.5) is 4.79 Å².